The van der Waals surface area contributed by atoms with E-state index in [4.69, 9.17) is 9.52 Å². The van der Waals surface area contributed by atoms with Gasteiger partial charge in [-0.15, -0.1) is 0 Å². The number of carboxylic acids is 1. The lowest BCUT2D eigenvalue weighted by molar-refractivity contribution is -0.136. The zero-order valence-corrected chi connectivity index (χ0v) is 8.08. The number of fused-ring (bicyclic) bond motifs is 1. The maximum absolute atomic E-state index is 13.3. The first-order valence-electron chi connectivity index (χ1n) is 4.46. The highest BCUT2D eigenvalue weighted by Gasteiger charge is 2.11. The fourth-order valence-electron chi connectivity index (χ4n) is 1.50. The molecule has 1 aromatic heterocycles. The van der Waals surface area contributed by atoms with E-state index in [1.54, 1.807) is 13.0 Å². The molecular weight excluding hydrogens is 199 g/mol. The Balaban J connectivity index is 2.59. The van der Waals surface area contributed by atoms with E-state index in [1.165, 1.54) is 12.3 Å². The van der Waals surface area contributed by atoms with Crippen molar-refractivity contribution < 1.29 is 18.7 Å². The van der Waals surface area contributed by atoms with Gasteiger partial charge in [0, 0.05) is 10.9 Å². The quantitative estimate of drug-likeness (QED) is 0.824. The molecular formula is C11H9FO3. The molecule has 0 aliphatic rings. The van der Waals surface area contributed by atoms with Gasteiger partial charge in [0.2, 0.25) is 0 Å². The van der Waals surface area contributed by atoms with E-state index in [-0.39, 0.29) is 12.2 Å². The first-order valence-corrected chi connectivity index (χ1v) is 4.46. The topological polar surface area (TPSA) is 50.4 Å². The van der Waals surface area contributed by atoms with Crippen LogP contribution in [0.25, 0.3) is 11.0 Å². The number of hydrogen-bond acceptors (Lipinski definition) is 2. The maximum Gasteiger partial charge on any atom is 0.307 e. The molecule has 0 spiro atoms. The molecule has 1 aromatic carbocycles. The molecule has 2 aromatic rings. The predicted molar refractivity (Wildman–Crippen MR) is 52.2 cm³/mol. The largest absolute Gasteiger partial charge is 0.481 e. The molecule has 0 radical (unpaired) electrons. The van der Waals surface area contributed by atoms with Gasteiger partial charge in [-0.25, -0.2) is 4.39 Å². The lowest BCUT2D eigenvalue weighted by atomic mass is 10.1. The number of aliphatic carboxylic acids is 1. The molecule has 0 unspecified atom stereocenters. The minimum Gasteiger partial charge on any atom is -0.481 e. The zero-order chi connectivity index (χ0) is 11.0. The van der Waals surface area contributed by atoms with E-state index in [2.05, 4.69) is 0 Å². The summed E-state index contributed by atoms with van der Waals surface area (Å²) in [5.74, 6) is -1.31. The lowest BCUT2D eigenvalue weighted by Gasteiger charge is -1.96. The summed E-state index contributed by atoms with van der Waals surface area (Å²) in [6.07, 6.45) is 1.20. The summed E-state index contributed by atoms with van der Waals surface area (Å²) >= 11 is 0. The molecule has 2 rings (SSSR count). The number of hydrogen-bond donors (Lipinski definition) is 1. The van der Waals surface area contributed by atoms with E-state index in [1.807, 2.05) is 0 Å². The molecule has 3 nitrogen and oxygen atoms in total. The minimum absolute atomic E-state index is 0.157. The van der Waals surface area contributed by atoms with Crippen molar-refractivity contribution >= 4 is 16.9 Å². The highest BCUT2D eigenvalue weighted by Crippen LogP contribution is 2.24. The van der Waals surface area contributed by atoms with Crippen LogP contribution in [0.2, 0.25) is 0 Å². The van der Waals surface area contributed by atoms with E-state index < -0.39 is 5.97 Å². The monoisotopic (exact) mass is 208 g/mol. The van der Waals surface area contributed by atoms with Crippen molar-refractivity contribution in [3.63, 3.8) is 0 Å². The summed E-state index contributed by atoms with van der Waals surface area (Å²) in [5.41, 5.74) is 1.50. The highest BCUT2D eigenvalue weighted by atomic mass is 19.1. The number of carbonyl (C=O) groups is 1. The molecule has 4 heteroatoms. The van der Waals surface area contributed by atoms with Crippen molar-refractivity contribution in [1.29, 1.82) is 0 Å². The van der Waals surface area contributed by atoms with Gasteiger partial charge in [0.1, 0.15) is 11.4 Å². The fraction of sp³-hybridized carbons (Fsp3) is 0.182. The summed E-state index contributed by atoms with van der Waals surface area (Å²) in [4.78, 5) is 10.5. The van der Waals surface area contributed by atoms with Crippen LogP contribution in [0.4, 0.5) is 4.39 Å². The number of carboxylic acid groups (broad SMARTS) is 1. The number of benzene rings is 1. The molecule has 1 N–H and O–H groups in total. The Labute approximate surface area is 85.1 Å². The van der Waals surface area contributed by atoms with Gasteiger partial charge in [0.25, 0.3) is 0 Å². The first kappa shape index (κ1) is 9.71. The second-order valence-corrected chi connectivity index (χ2v) is 3.43. The number of furan rings is 1. The standard InChI is InChI=1S/C11H9FO3/c1-6-2-10-8(4-9(6)12)7(5-15-10)3-11(13)14/h2,4-5H,3H2,1H3,(H,13,14). The minimum atomic E-state index is -0.960. The predicted octanol–water partition coefficient (Wildman–Crippen LogP) is 2.51. The second kappa shape index (κ2) is 3.38. The van der Waals surface area contributed by atoms with Gasteiger partial charge >= 0.3 is 5.97 Å². The van der Waals surface area contributed by atoms with Crippen LogP contribution in [0.3, 0.4) is 0 Å². The summed E-state index contributed by atoms with van der Waals surface area (Å²) in [6, 6.07) is 2.88. The van der Waals surface area contributed by atoms with Crippen molar-refractivity contribution in [3.05, 3.63) is 35.3 Å². The van der Waals surface area contributed by atoms with Gasteiger partial charge in [-0.2, -0.15) is 0 Å². The van der Waals surface area contributed by atoms with Crippen LogP contribution in [0.1, 0.15) is 11.1 Å². The Kier molecular flexibility index (Phi) is 2.19. The summed E-state index contributed by atoms with van der Waals surface area (Å²) in [5, 5.41) is 9.16. The molecule has 0 saturated heterocycles. The Morgan fingerprint density at radius 1 is 1.53 bits per heavy atom. The number of rotatable bonds is 2. The molecule has 15 heavy (non-hydrogen) atoms. The maximum atomic E-state index is 13.3. The number of halogens is 1. The van der Waals surface area contributed by atoms with Gasteiger partial charge in [-0.1, -0.05) is 0 Å². The van der Waals surface area contributed by atoms with Gasteiger partial charge in [0.05, 0.1) is 12.7 Å². The molecule has 0 saturated carbocycles. The molecule has 0 aliphatic carbocycles. The Bertz CT molecular complexity index is 528. The van der Waals surface area contributed by atoms with Crippen LogP contribution < -0.4 is 0 Å². The summed E-state index contributed by atoms with van der Waals surface area (Å²) in [7, 11) is 0. The third-order valence-corrected chi connectivity index (χ3v) is 2.28. The van der Waals surface area contributed by atoms with Crippen LogP contribution in [0, 0.1) is 12.7 Å². The number of aryl methyl sites for hydroxylation is 1. The molecule has 0 bridgehead atoms. The molecule has 1 heterocycles. The summed E-state index contributed by atoms with van der Waals surface area (Å²) in [6.45, 7) is 1.63. The third-order valence-electron chi connectivity index (χ3n) is 2.28. The Morgan fingerprint density at radius 3 is 2.93 bits per heavy atom. The first-order chi connectivity index (χ1) is 7.08. The van der Waals surface area contributed by atoms with Crippen molar-refractivity contribution in [2.45, 2.75) is 13.3 Å². The Hall–Kier alpha value is -1.84. The van der Waals surface area contributed by atoms with Crippen LogP contribution in [0.15, 0.2) is 22.8 Å². The average molecular weight is 208 g/mol. The van der Waals surface area contributed by atoms with E-state index in [9.17, 15) is 9.18 Å². The highest BCUT2D eigenvalue weighted by molar-refractivity contribution is 5.85. The molecule has 0 atom stereocenters. The second-order valence-electron chi connectivity index (χ2n) is 3.43. The normalized spacial score (nSPS) is 10.8. The van der Waals surface area contributed by atoms with Gasteiger partial charge in [-0.05, 0) is 24.6 Å². The SMILES string of the molecule is Cc1cc2occ(CC(=O)O)c2cc1F. The molecule has 0 fully saturated rings. The van der Waals surface area contributed by atoms with Crippen LogP contribution in [-0.2, 0) is 11.2 Å². The summed E-state index contributed by atoms with van der Waals surface area (Å²) < 4.78 is 18.4. The van der Waals surface area contributed by atoms with Crippen molar-refractivity contribution in [3.8, 4) is 0 Å². The molecule has 78 valence electrons. The van der Waals surface area contributed by atoms with Crippen LogP contribution in [0.5, 0.6) is 0 Å². The van der Waals surface area contributed by atoms with Crippen molar-refractivity contribution in [1.82, 2.24) is 0 Å². The van der Waals surface area contributed by atoms with Crippen molar-refractivity contribution in [2.24, 2.45) is 0 Å². The van der Waals surface area contributed by atoms with Gasteiger partial charge < -0.3 is 9.52 Å². The van der Waals surface area contributed by atoms with Crippen molar-refractivity contribution in [2.75, 3.05) is 0 Å². The smallest absolute Gasteiger partial charge is 0.307 e. The third kappa shape index (κ3) is 1.70. The molecule has 0 aliphatic heterocycles. The average Bonchev–Trinajstić information content (AvgIpc) is 2.49. The van der Waals surface area contributed by atoms with Gasteiger partial charge in [-0.3, -0.25) is 4.79 Å². The zero-order valence-electron chi connectivity index (χ0n) is 8.08. The fourth-order valence-corrected chi connectivity index (χ4v) is 1.50. The van der Waals surface area contributed by atoms with Gasteiger partial charge in [0.15, 0.2) is 0 Å². The van der Waals surface area contributed by atoms with E-state index in [0.717, 1.165) is 0 Å². The lowest BCUT2D eigenvalue weighted by Crippen LogP contribution is -1.98. The van der Waals surface area contributed by atoms with E-state index in [0.29, 0.717) is 22.1 Å². The van der Waals surface area contributed by atoms with E-state index >= 15 is 0 Å². The van der Waals surface area contributed by atoms with Crippen LogP contribution in [-0.4, -0.2) is 11.1 Å². The Morgan fingerprint density at radius 2 is 2.27 bits per heavy atom. The molecule has 0 amide bonds. The van der Waals surface area contributed by atoms with Crippen LogP contribution >= 0.6 is 0 Å².